The van der Waals surface area contributed by atoms with Gasteiger partial charge in [-0.3, -0.25) is 9.59 Å². The quantitative estimate of drug-likeness (QED) is 0.160. The molecule has 0 saturated carbocycles. The molecule has 0 radical (unpaired) electrons. The van der Waals surface area contributed by atoms with Gasteiger partial charge in [0, 0.05) is 24.2 Å². The number of carbonyl (C=O) groups excluding carboxylic acids is 1. The van der Waals surface area contributed by atoms with Gasteiger partial charge in [-0.05, 0) is 66.9 Å². The number of esters is 1. The second-order valence-electron chi connectivity index (χ2n) is 10.4. The Morgan fingerprint density at radius 2 is 1.72 bits per heavy atom. The van der Waals surface area contributed by atoms with Crippen molar-refractivity contribution in [3.05, 3.63) is 106 Å². The van der Waals surface area contributed by atoms with Crippen LogP contribution < -0.4 is 19.6 Å². The molecule has 10 heteroatoms. The molecule has 9 nitrogen and oxygen atoms in total. The molecule has 0 atom stereocenters. The van der Waals surface area contributed by atoms with Gasteiger partial charge in [-0.15, -0.1) is 5.10 Å². The molecule has 6 rings (SSSR count). The number of rotatable bonds is 9. The minimum absolute atomic E-state index is 0.295. The molecule has 216 valence electrons. The van der Waals surface area contributed by atoms with E-state index in [-0.39, 0.29) is 5.56 Å². The van der Waals surface area contributed by atoms with Crippen molar-refractivity contribution in [3.8, 4) is 39.8 Å². The molecular weight excluding hydrogens is 562 g/mol. The van der Waals surface area contributed by atoms with Crippen LogP contribution in [0.15, 0.2) is 89.9 Å². The summed E-state index contributed by atoms with van der Waals surface area (Å²) in [6, 6.07) is 24.6. The number of nitrogens with zero attached hydrogens (tertiary/aromatic N) is 5. The lowest BCUT2D eigenvalue weighted by Gasteiger charge is -2.08. The Bertz CT molecular complexity index is 2010. The van der Waals surface area contributed by atoms with Gasteiger partial charge in [0.15, 0.2) is 5.82 Å². The van der Waals surface area contributed by atoms with E-state index in [4.69, 9.17) is 14.6 Å². The van der Waals surface area contributed by atoms with Gasteiger partial charge in [0.05, 0.1) is 22.4 Å². The molecule has 3 aromatic heterocycles. The van der Waals surface area contributed by atoms with Gasteiger partial charge in [-0.2, -0.15) is 14.6 Å². The summed E-state index contributed by atoms with van der Waals surface area (Å²) in [5.74, 6) is 1.57. The Labute approximate surface area is 251 Å². The summed E-state index contributed by atoms with van der Waals surface area (Å²) < 4.78 is 14.8. The van der Waals surface area contributed by atoms with E-state index in [2.05, 4.69) is 23.9 Å². The van der Waals surface area contributed by atoms with E-state index in [0.717, 1.165) is 34.7 Å². The van der Waals surface area contributed by atoms with Crippen molar-refractivity contribution >= 4 is 28.3 Å². The lowest BCUT2D eigenvalue weighted by molar-refractivity contribution is -0.131. The van der Waals surface area contributed by atoms with Crippen LogP contribution in [-0.2, 0) is 4.79 Å². The monoisotopic (exact) mass is 591 g/mol. The first-order valence-electron chi connectivity index (χ1n) is 13.9. The molecule has 43 heavy (non-hydrogen) atoms. The number of hydrogen-bond acceptors (Lipinski definition) is 8. The Hall–Kier alpha value is -5.09. The van der Waals surface area contributed by atoms with Crippen molar-refractivity contribution < 1.29 is 14.3 Å². The first-order valence-corrected chi connectivity index (χ1v) is 14.7. The van der Waals surface area contributed by atoms with Crippen LogP contribution in [0.4, 0.5) is 0 Å². The fraction of sp³-hybridized carbons (Fsp3) is 0.182. The molecule has 0 amide bonds. The van der Waals surface area contributed by atoms with Crippen molar-refractivity contribution in [2.24, 2.45) is 5.92 Å². The molecule has 0 aliphatic carbocycles. The normalized spacial score (nSPS) is 11.9. The van der Waals surface area contributed by atoms with Gasteiger partial charge >= 0.3 is 5.97 Å². The number of carbonyl (C=O) groups is 1. The second-order valence-corrected chi connectivity index (χ2v) is 11.4. The van der Waals surface area contributed by atoms with Gasteiger partial charge < -0.3 is 9.47 Å². The number of fused-ring (bicyclic) bond motifs is 1. The van der Waals surface area contributed by atoms with Gasteiger partial charge in [0.1, 0.15) is 17.2 Å². The lowest BCUT2D eigenvalue weighted by Crippen LogP contribution is -2.23. The van der Waals surface area contributed by atoms with Crippen LogP contribution in [0.5, 0.6) is 11.5 Å². The van der Waals surface area contributed by atoms with E-state index in [1.807, 2.05) is 66.9 Å². The predicted molar refractivity (Wildman–Crippen MR) is 167 cm³/mol. The SMILES string of the molecule is CC(=O)Oc1ccccc1-c1nc2s/c(=C\c3cn(-c4ccccc4)nc3-c3ccc(OCCC(C)C)cc3)c(=O)n2n1. The maximum atomic E-state index is 13.5. The highest BCUT2D eigenvalue weighted by molar-refractivity contribution is 7.15. The average molecular weight is 592 g/mol. The van der Waals surface area contributed by atoms with Gasteiger partial charge in [-0.1, -0.05) is 55.5 Å². The molecule has 0 N–H and O–H groups in total. The maximum Gasteiger partial charge on any atom is 0.308 e. The zero-order valence-corrected chi connectivity index (χ0v) is 24.7. The Balaban J connectivity index is 1.39. The van der Waals surface area contributed by atoms with E-state index >= 15 is 0 Å². The third-order valence-corrected chi connectivity index (χ3v) is 7.66. The van der Waals surface area contributed by atoms with Crippen molar-refractivity contribution in [2.45, 2.75) is 27.2 Å². The third-order valence-electron chi connectivity index (χ3n) is 6.71. The first-order chi connectivity index (χ1) is 20.9. The maximum absolute atomic E-state index is 13.5. The smallest absolute Gasteiger partial charge is 0.308 e. The highest BCUT2D eigenvalue weighted by Crippen LogP contribution is 2.29. The zero-order valence-electron chi connectivity index (χ0n) is 23.9. The lowest BCUT2D eigenvalue weighted by atomic mass is 10.1. The summed E-state index contributed by atoms with van der Waals surface area (Å²) >= 11 is 1.23. The Kier molecular flexibility index (Phi) is 7.84. The summed E-state index contributed by atoms with van der Waals surface area (Å²) in [6.07, 6.45) is 4.72. The summed E-state index contributed by atoms with van der Waals surface area (Å²) in [5.41, 5.74) is 3.54. The summed E-state index contributed by atoms with van der Waals surface area (Å²) in [7, 11) is 0. The van der Waals surface area contributed by atoms with Crippen LogP contribution in [0.25, 0.3) is 39.4 Å². The van der Waals surface area contributed by atoms with E-state index in [1.54, 1.807) is 28.9 Å². The van der Waals surface area contributed by atoms with Crippen molar-refractivity contribution in [2.75, 3.05) is 6.61 Å². The van der Waals surface area contributed by atoms with E-state index in [1.165, 1.54) is 22.8 Å². The Morgan fingerprint density at radius 3 is 2.44 bits per heavy atom. The van der Waals surface area contributed by atoms with E-state index in [0.29, 0.717) is 39.2 Å². The number of para-hydroxylation sites is 2. The minimum atomic E-state index is -0.449. The van der Waals surface area contributed by atoms with Crippen LogP contribution in [-0.4, -0.2) is 37.0 Å². The largest absolute Gasteiger partial charge is 0.494 e. The molecule has 0 bridgehead atoms. The third kappa shape index (κ3) is 6.09. The molecular formula is C33H29N5O4S. The van der Waals surface area contributed by atoms with Crippen LogP contribution in [0.1, 0.15) is 32.8 Å². The molecule has 0 aliphatic heterocycles. The van der Waals surface area contributed by atoms with Crippen molar-refractivity contribution in [3.63, 3.8) is 0 Å². The number of ether oxygens (including phenoxy) is 2. The van der Waals surface area contributed by atoms with Crippen molar-refractivity contribution in [1.82, 2.24) is 24.4 Å². The molecule has 3 aromatic carbocycles. The molecule has 0 aliphatic rings. The summed E-state index contributed by atoms with van der Waals surface area (Å²) in [5, 5.41) is 9.34. The number of benzene rings is 3. The highest BCUT2D eigenvalue weighted by Gasteiger charge is 2.17. The fourth-order valence-corrected chi connectivity index (χ4v) is 5.43. The van der Waals surface area contributed by atoms with E-state index < -0.39 is 5.97 Å². The molecule has 0 fully saturated rings. The molecule has 3 heterocycles. The van der Waals surface area contributed by atoms with Gasteiger partial charge in [0.2, 0.25) is 4.96 Å². The van der Waals surface area contributed by atoms with Crippen LogP contribution in [0.2, 0.25) is 0 Å². The standard InChI is InChI=1S/C33H29N5O4S/c1-21(2)17-18-41-26-15-13-23(14-16-26)30-24(20-37(35-30)25-9-5-4-6-10-25)19-29-32(40)38-33(43-29)34-31(36-38)27-11-7-8-12-28(27)42-22(3)39/h4-16,19-21H,17-18H2,1-3H3/b29-19-. The van der Waals surface area contributed by atoms with Crippen molar-refractivity contribution in [1.29, 1.82) is 0 Å². The fourth-order valence-electron chi connectivity index (χ4n) is 4.54. The molecule has 0 saturated heterocycles. The van der Waals surface area contributed by atoms with Crippen LogP contribution in [0.3, 0.4) is 0 Å². The average Bonchev–Trinajstić information content (AvgIpc) is 3.69. The zero-order chi connectivity index (χ0) is 29.9. The predicted octanol–water partition coefficient (Wildman–Crippen LogP) is 5.57. The molecule has 6 aromatic rings. The first kappa shape index (κ1) is 28.0. The van der Waals surface area contributed by atoms with Gasteiger partial charge in [0.25, 0.3) is 5.56 Å². The Morgan fingerprint density at radius 1 is 0.977 bits per heavy atom. The second kappa shape index (κ2) is 12.0. The molecule has 0 spiro atoms. The van der Waals surface area contributed by atoms with E-state index in [9.17, 15) is 9.59 Å². The van der Waals surface area contributed by atoms with Crippen LogP contribution in [0, 0.1) is 5.92 Å². The number of thiazole rings is 1. The minimum Gasteiger partial charge on any atom is -0.494 e. The van der Waals surface area contributed by atoms with Crippen LogP contribution >= 0.6 is 11.3 Å². The summed E-state index contributed by atoms with van der Waals surface area (Å²) in [4.78, 5) is 30.0. The number of aromatic nitrogens is 5. The number of hydrogen-bond donors (Lipinski definition) is 0. The van der Waals surface area contributed by atoms with Gasteiger partial charge in [-0.25, -0.2) is 4.68 Å². The topological polar surface area (TPSA) is 101 Å². The summed E-state index contributed by atoms with van der Waals surface area (Å²) in [6.45, 7) is 6.34. The highest BCUT2D eigenvalue weighted by atomic mass is 32.1. The molecule has 0 unspecified atom stereocenters.